The molecule has 0 spiro atoms. The minimum Gasteiger partial charge on any atom is -0.480 e. The van der Waals surface area contributed by atoms with Gasteiger partial charge < -0.3 is 41.0 Å². The number of aldehydes is 1. The summed E-state index contributed by atoms with van der Waals surface area (Å²) in [5, 5.41) is 43.8. The van der Waals surface area contributed by atoms with Crippen molar-refractivity contribution in [1.82, 2.24) is 4.98 Å². The van der Waals surface area contributed by atoms with E-state index in [0.717, 1.165) is 16.5 Å². The van der Waals surface area contributed by atoms with Crippen molar-refractivity contribution in [2.75, 3.05) is 6.61 Å². The zero-order chi connectivity index (χ0) is 19.0. The van der Waals surface area contributed by atoms with Crippen LogP contribution in [0.5, 0.6) is 0 Å². The number of benzene rings is 1. The Morgan fingerprint density at radius 3 is 2.44 bits per heavy atom. The summed E-state index contributed by atoms with van der Waals surface area (Å²) in [5.41, 5.74) is 7.43. The molecule has 9 nitrogen and oxygen atoms in total. The highest BCUT2D eigenvalue weighted by Gasteiger charge is 2.22. The average Bonchev–Trinajstić information content (AvgIpc) is 3.03. The quantitative estimate of drug-likeness (QED) is 0.290. The predicted molar refractivity (Wildman–Crippen MR) is 88.8 cm³/mol. The number of carboxylic acid groups (broad SMARTS) is 1. The number of carbonyl (C=O) groups is 2. The first-order valence-electron chi connectivity index (χ1n) is 7.45. The molecule has 1 aromatic heterocycles. The maximum absolute atomic E-state index is 10.6. The van der Waals surface area contributed by atoms with E-state index in [1.54, 1.807) is 0 Å². The molecule has 0 fully saturated rings. The Kier molecular flexibility index (Phi) is 8.19. The molecule has 0 aliphatic rings. The third-order valence-electron chi connectivity index (χ3n) is 3.50. The number of aromatic nitrogens is 1. The zero-order valence-corrected chi connectivity index (χ0v) is 13.3. The topological polar surface area (TPSA) is 177 Å². The molecular weight excluding hydrogens is 332 g/mol. The lowest BCUT2D eigenvalue weighted by atomic mass is 10.1. The summed E-state index contributed by atoms with van der Waals surface area (Å²) < 4.78 is 0. The molecule has 0 aliphatic carbocycles. The van der Waals surface area contributed by atoms with Crippen molar-refractivity contribution in [3.63, 3.8) is 0 Å². The summed E-state index contributed by atoms with van der Waals surface area (Å²) in [4.78, 5) is 23.5. The number of para-hydroxylation sites is 1. The summed E-state index contributed by atoms with van der Waals surface area (Å²) in [7, 11) is 0. The highest BCUT2D eigenvalue weighted by atomic mass is 16.4. The Hall–Kier alpha value is -2.30. The van der Waals surface area contributed by atoms with E-state index >= 15 is 0 Å². The lowest BCUT2D eigenvalue weighted by Crippen LogP contribution is -2.40. The summed E-state index contributed by atoms with van der Waals surface area (Å²) in [6.45, 7) is -0.688. The van der Waals surface area contributed by atoms with Crippen LogP contribution < -0.4 is 5.73 Å². The second-order valence-corrected chi connectivity index (χ2v) is 5.38. The van der Waals surface area contributed by atoms with Gasteiger partial charge in [-0.1, -0.05) is 18.2 Å². The molecule has 0 amide bonds. The molecule has 0 saturated heterocycles. The van der Waals surface area contributed by atoms with Crippen molar-refractivity contribution < 1.29 is 35.1 Å². The van der Waals surface area contributed by atoms with Gasteiger partial charge in [-0.25, -0.2) is 0 Å². The summed E-state index contributed by atoms with van der Waals surface area (Å²) in [5.74, 6) is -0.972. The van der Waals surface area contributed by atoms with Crippen LogP contribution in [0.3, 0.4) is 0 Å². The minimum absolute atomic E-state index is 0.0869. The number of fused-ring (bicyclic) bond motifs is 1. The molecule has 138 valence electrons. The Morgan fingerprint density at radius 2 is 1.88 bits per heavy atom. The number of rotatable bonds is 7. The molecule has 2 rings (SSSR count). The van der Waals surface area contributed by atoms with Gasteiger partial charge in [0.25, 0.3) is 0 Å². The van der Waals surface area contributed by atoms with Gasteiger partial charge in [-0.3, -0.25) is 4.79 Å². The van der Waals surface area contributed by atoms with Crippen LogP contribution in [0.2, 0.25) is 0 Å². The standard InChI is InChI=1S/C11H12N2O2.C5H10O5/c12-9(11(14)15)5-7-6-13-10-4-2-1-3-8(7)10;6-1-3(8)5(10)4(9)2-7/h1-4,6,9,13H,5,12H2,(H,14,15);1,3-5,7-10H,2H2/t9-;3-,4+,5+/m00/s1. The van der Waals surface area contributed by atoms with E-state index in [1.807, 2.05) is 30.5 Å². The molecule has 0 bridgehead atoms. The first-order valence-corrected chi connectivity index (χ1v) is 7.45. The smallest absolute Gasteiger partial charge is 0.320 e. The fraction of sp³-hybridized carbons (Fsp3) is 0.375. The maximum atomic E-state index is 10.6. The molecule has 25 heavy (non-hydrogen) atoms. The number of nitrogens with two attached hydrogens (primary N) is 1. The summed E-state index contributed by atoms with van der Waals surface area (Å²) in [6, 6.07) is 6.91. The number of H-pyrrole nitrogens is 1. The average molecular weight is 354 g/mol. The second kappa shape index (κ2) is 9.87. The van der Waals surface area contributed by atoms with Crippen LogP contribution in [0.1, 0.15) is 5.56 Å². The van der Waals surface area contributed by atoms with Crippen LogP contribution in [0, 0.1) is 0 Å². The van der Waals surface area contributed by atoms with E-state index < -0.39 is 36.9 Å². The first-order chi connectivity index (χ1) is 11.8. The molecule has 8 N–H and O–H groups in total. The Labute approximate surface area is 143 Å². The van der Waals surface area contributed by atoms with Gasteiger partial charge in [0, 0.05) is 23.5 Å². The summed E-state index contributed by atoms with van der Waals surface area (Å²) >= 11 is 0. The number of hydrogen-bond donors (Lipinski definition) is 7. The van der Waals surface area contributed by atoms with Crippen LogP contribution in [0.4, 0.5) is 0 Å². The van der Waals surface area contributed by atoms with Crippen molar-refractivity contribution in [1.29, 1.82) is 0 Å². The van der Waals surface area contributed by atoms with Crippen molar-refractivity contribution in [3.8, 4) is 0 Å². The third-order valence-corrected chi connectivity index (χ3v) is 3.50. The third kappa shape index (κ3) is 5.93. The zero-order valence-electron chi connectivity index (χ0n) is 13.3. The van der Waals surface area contributed by atoms with Gasteiger partial charge in [0.05, 0.1) is 6.61 Å². The Morgan fingerprint density at radius 1 is 1.24 bits per heavy atom. The number of aromatic amines is 1. The number of aliphatic hydroxyl groups excluding tert-OH is 4. The van der Waals surface area contributed by atoms with Gasteiger partial charge >= 0.3 is 5.97 Å². The van der Waals surface area contributed by atoms with Crippen LogP contribution in [0.25, 0.3) is 10.9 Å². The van der Waals surface area contributed by atoms with E-state index in [4.69, 9.17) is 31.3 Å². The van der Waals surface area contributed by atoms with Gasteiger partial charge in [-0.15, -0.1) is 0 Å². The van der Waals surface area contributed by atoms with Gasteiger partial charge in [-0.05, 0) is 11.6 Å². The highest BCUT2D eigenvalue weighted by Crippen LogP contribution is 2.18. The fourth-order valence-corrected chi connectivity index (χ4v) is 2.04. The van der Waals surface area contributed by atoms with Gasteiger partial charge in [0.2, 0.25) is 0 Å². The molecular formula is C16H22N2O7. The Bertz CT molecular complexity index is 688. The van der Waals surface area contributed by atoms with Crippen molar-refractivity contribution in [2.45, 2.75) is 30.8 Å². The normalized spacial score (nSPS) is 15.6. The number of carbonyl (C=O) groups excluding carboxylic acids is 1. The van der Waals surface area contributed by atoms with E-state index in [-0.39, 0.29) is 6.29 Å². The maximum Gasteiger partial charge on any atom is 0.320 e. The van der Waals surface area contributed by atoms with Crippen molar-refractivity contribution in [2.24, 2.45) is 5.73 Å². The van der Waals surface area contributed by atoms with Crippen LogP contribution in [-0.4, -0.2) is 73.7 Å². The lowest BCUT2D eigenvalue weighted by molar-refractivity contribution is -0.138. The van der Waals surface area contributed by atoms with Crippen molar-refractivity contribution >= 4 is 23.2 Å². The molecule has 0 saturated carbocycles. The largest absolute Gasteiger partial charge is 0.480 e. The van der Waals surface area contributed by atoms with Crippen LogP contribution in [0.15, 0.2) is 30.5 Å². The number of hydrogen-bond acceptors (Lipinski definition) is 7. The minimum atomic E-state index is -1.64. The molecule has 9 heteroatoms. The number of carboxylic acids is 1. The lowest BCUT2D eigenvalue weighted by Gasteiger charge is -2.16. The number of aliphatic hydroxyl groups is 4. The molecule has 1 heterocycles. The van der Waals surface area contributed by atoms with Crippen molar-refractivity contribution in [3.05, 3.63) is 36.0 Å². The van der Waals surface area contributed by atoms with Crippen LogP contribution in [-0.2, 0) is 16.0 Å². The van der Waals surface area contributed by atoms with E-state index in [1.165, 1.54) is 0 Å². The molecule has 2 aromatic rings. The SMILES string of the molecule is N[C@@H](Cc1c[nH]c2ccccc12)C(=O)O.O=C[C@H](O)[C@@H](O)[C@H](O)CO. The molecule has 1 aromatic carbocycles. The van der Waals surface area contributed by atoms with Gasteiger partial charge in [-0.2, -0.15) is 0 Å². The van der Waals surface area contributed by atoms with E-state index in [0.29, 0.717) is 6.42 Å². The summed E-state index contributed by atoms with van der Waals surface area (Å²) in [6.07, 6.45) is -2.47. The van der Waals surface area contributed by atoms with E-state index in [9.17, 15) is 9.59 Å². The molecule has 0 radical (unpaired) electrons. The number of aliphatic carboxylic acids is 1. The first kappa shape index (κ1) is 20.7. The van der Waals surface area contributed by atoms with Gasteiger partial charge in [0.1, 0.15) is 24.4 Å². The second-order valence-electron chi connectivity index (χ2n) is 5.38. The molecule has 4 atom stereocenters. The predicted octanol–water partition coefficient (Wildman–Crippen LogP) is -1.62. The molecule has 0 aliphatic heterocycles. The van der Waals surface area contributed by atoms with Gasteiger partial charge in [0.15, 0.2) is 6.29 Å². The van der Waals surface area contributed by atoms with Crippen LogP contribution >= 0.6 is 0 Å². The molecule has 0 unspecified atom stereocenters. The number of nitrogens with one attached hydrogen (secondary N) is 1. The fourth-order valence-electron chi connectivity index (χ4n) is 2.04. The van der Waals surface area contributed by atoms with E-state index in [2.05, 4.69) is 4.98 Å². The highest BCUT2D eigenvalue weighted by molar-refractivity contribution is 5.84. The Balaban J connectivity index is 0.000000275. The monoisotopic (exact) mass is 354 g/mol.